The van der Waals surface area contributed by atoms with Crippen molar-refractivity contribution in [3.05, 3.63) is 63.7 Å². The molecule has 0 bridgehead atoms. The lowest BCUT2D eigenvalue weighted by molar-refractivity contribution is -0.385. The second kappa shape index (κ2) is 6.43. The highest BCUT2D eigenvalue weighted by Crippen LogP contribution is 2.23. The Bertz CT molecular complexity index is 629. The smallest absolute Gasteiger partial charge is 0.272 e. The molecule has 0 saturated carbocycles. The fraction of sp³-hybridized carbons (Fsp3) is 0.200. The van der Waals surface area contributed by atoms with E-state index in [4.69, 9.17) is 0 Å². The van der Waals surface area contributed by atoms with Crippen molar-refractivity contribution in [3.63, 3.8) is 0 Å². The summed E-state index contributed by atoms with van der Waals surface area (Å²) >= 11 is 1.68. The molecule has 0 amide bonds. The number of hydrogen-bond donors (Lipinski definition) is 1. The Morgan fingerprint density at radius 2 is 2.00 bits per heavy atom. The van der Waals surface area contributed by atoms with E-state index in [1.165, 1.54) is 11.0 Å². The highest BCUT2D eigenvalue weighted by atomic mass is 32.2. The highest BCUT2D eigenvalue weighted by molar-refractivity contribution is 7.98. The van der Waals surface area contributed by atoms with Crippen LogP contribution < -0.4 is 5.32 Å². The van der Waals surface area contributed by atoms with Crippen molar-refractivity contribution < 1.29 is 4.92 Å². The van der Waals surface area contributed by atoms with E-state index in [9.17, 15) is 10.1 Å². The van der Waals surface area contributed by atoms with Gasteiger partial charge in [0.05, 0.1) is 4.92 Å². The largest absolute Gasteiger partial charge is 0.381 e. The molecule has 20 heavy (non-hydrogen) atoms. The van der Waals surface area contributed by atoms with Gasteiger partial charge in [-0.1, -0.05) is 18.2 Å². The van der Waals surface area contributed by atoms with Crippen LogP contribution in [0.15, 0.2) is 47.4 Å². The molecule has 0 spiro atoms. The zero-order valence-corrected chi connectivity index (χ0v) is 12.2. The molecule has 0 fully saturated rings. The Morgan fingerprint density at radius 1 is 1.25 bits per heavy atom. The van der Waals surface area contributed by atoms with Gasteiger partial charge in [-0.25, -0.2) is 0 Å². The van der Waals surface area contributed by atoms with Gasteiger partial charge in [-0.3, -0.25) is 10.1 Å². The lowest BCUT2D eigenvalue weighted by Gasteiger charge is -2.10. The van der Waals surface area contributed by atoms with E-state index in [0.717, 1.165) is 11.3 Å². The summed E-state index contributed by atoms with van der Waals surface area (Å²) in [4.78, 5) is 11.8. The van der Waals surface area contributed by atoms with Gasteiger partial charge in [0.15, 0.2) is 0 Å². The lowest BCUT2D eigenvalue weighted by Crippen LogP contribution is -2.03. The Kier molecular flexibility index (Phi) is 4.63. The first-order valence-electron chi connectivity index (χ1n) is 6.22. The minimum Gasteiger partial charge on any atom is -0.381 e. The van der Waals surface area contributed by atoms with Crippen LogP contribution in [0.2, 0.25) is 0 Å². The van der Waals surface area contributed by atoms with E-state index in [1.807, 2.05) is 24.5 Å². The standard InChI is InChI=1S/C15H16N2O2S/c1-11-12(5-3-8-15(11)17(18)19)10-16-13-6-4-7-14(9-13)20-2/h3-9,16H,10H2,1-2H3. The molecule has 0 aliphatic carbocycles. The second-order valence-corrected chi connectivity index (χ2v) is 5.28. The average Bonchev–Trinajstić information content (AvgIpc) is 2.46. The van der Waals surface area contributed by atoms with Crippen LogP contribution >= 0.6 is 11.8 Å². The van der Waals surface area contributed by atoms with Gasteiger partial charge in [0, 0.05) is 28.8 Å². The minimum absolute atomic E-state index is 0.169. The molecule has 1 N–H and O–H groups in total. The number of nitrogens with one attached hydrogen (secondary N) is 1. The van der Waals surface area contributed by atoms with Gasteiger partial charge in [0.1, 0.15) is 0 Å². The zero-order valence-electron chi connectivity index (χ0n) is 11.4. The summed E-state index contributed by atoms with van der Waals surface area (Å²) in [6.45, 7) is 2.36. The number of rotatable bonds is 5. The second-order valence-electron chi connectivity index (χ2n) is 4.40. The Labute approximate surface area is 122 Å². The molecule has 0 aliphatic heterocycles. The van der Waals surface area contributed by atoms with Crippen molar-refractivity contribution in [3.8, 4) is 0 Å². The lowest BCUT2D eigenvalue weighted by atomic mass is 10.1. The molecule has 2 rings (SSSR count). The van der Waals surface area contributed by atoms with Gasteiger partial charge in [-0.15, -0.1) is 11.8 Å². The van der Waals surface area contributed by atoms with Gasteiger partial charge in [-0.05, 0) is 36.9 Å². The molecule has 0 aliphatic rings. The SMILES string of the molecule is CSc1cccc(NCc2cccc([N+](=O)[O-])c2C)c1. The van der Waals surface area contributed by atoms with Gasteiger partial charge in [-0.2, -0.15) is 0 Å². The Balaban J connectivity index is 2.14. The highest BCUT2D eigenvalue weighted by Gasteiger charge is 2.12. The number of nitro benzene ring substituents is 1. The molecule has 4 nitrogen and oxygen atoms in total. The molecular weight excluding hydrogens is 272 g/mol. The molecule has 0 aromatic heterocycles. The summed E-state index contributed by atoms with van der Waals surface area (Å²) in [6, 6.07) is 13.3. The van der Waals surface area contributed by atoms with E-state index >= 15 is 0 Å². The third-order valence-electron chi connectivity index (χ3n) is 3.17. The number of benzene rings is 2. The molecule has 5 heteroatoms. The van der Waals surface area contributed by atoms with Crippen LogP contribution in [0.25, 0.3) is 0 Å². The van der Waals surface area contributed by atoms with Crippen LogP contribution in [-0.2, 0) is 6.54 Å². The van der Waals surface area contributed by atoms with Gasteiger partial charge < -0.3 is 5.32 Å². The normalized spacial score (nSPS) is 10.3. The maximum atomic E-state index is 10.9. The van der Waals surface area contributed by atoms with Crippen molar-refractivity contribution in [1.82, 2.24) is 0 Å². The number of hydrogen-bond acceptors (Lipinski definition) is 4. The summed E-state index contributed by atoms with van der Waals surface area (Å²) in [5.41, 5.74) is 2.84. The number of nitro groups is 1. The van der Waals surface area contributed by atoms with Gasteiger partial charge in [0.2, 0.25) is 0 Å². The summed E-state index contributed by atoms with van der Waals surface area (Å²) in [5.74, 6) is 0. The van der Waals surface area contributed by atoms with Crippen molar-refractivity contribution in [2.24, 2.45) is 0 Å². The molecule has 0 unspecified atom stereocenters. The summed E-state index contributed by atoms with van der Waals surface area (Å²) in [7, 11) is 0. The summed E-state index contributed by atoms with van der Waals surface area (Å²) in [6.07, 6.45) is 2.03. The summed E-state index contributed by atoms with van der Waals surface area (Å²) in [5, 5.41) is 14.2. The first-order chi connectivity index (χ1) is 9.61. The Morgan fingerprint density at radius 3 is 2.70 bits per heavy atom. The predicted octanol–water partition coefficient (Wildman–Crippen LogP) is 4.24. The van der Waals surface area contributed by atoms with E-state index in [0.29, 0.717) is 12.1 Å². The number of thioether (sulfide) groups is 1. The third kappa shape index (κ3) is 3.30. The van der Waals surface area contributed by atoms with Crippen molar-refractivity contribution in [1.29, 1.82) is 0 Å². The summed E-state index contributed by atoms with van der Waals surface area (Å²) < 4.78 is 0. The van der Waals surface area contributed by atoms with Crippen LogP contribution in [0.4, 0.5) is 11.4 Å². The molecule has 2 aromatic rings. The average molecular weight is 288 g/mol. The Hall–Kier alpha value is -2.01. The van der Waals surface area contributed by atoms with E-state index < -0.39 is 0 Å². The number of anilines is 1. The molecule has 104 valence electrons. The quantitative estimate of drug-likeness (QED) is 0.508. The van der Waals surface area contributed by atoms with Gasteiger partial charge >= 0.3 is 0 Å². The maximum Gasteiger partial charge on any atom is 0.272 e. The maximum absolute atomic E-state index is 10.9. The van der Waals surface area contributed by atoms with E-state index in [-0.39, 0.29) is 10.6 Å². The molecular formula is C15H16N2O2S. The van der Waals surface area contributed by atoms with Crippen molar-refractivity contribution in [2.75, 3.05) is 11.6 Å². The monoisotopic (exact) mass is 288 g/mol. The molecule has 0 saturated heterocycles. The van der Waals surface area contributed by atoms with E-state index in [1.54, 1.807) is 24.8 Å². The molecule has 2 aromatic carbocycles. The van der Waals surface area contributed by atoms with Crippen LogP contribution in [0.3, 0.4) is 0 Å². The van der Waals surface area contributed by atoms with E-state index in [2.05, 4.69) is 17.4 Å². The first kappa shape index (κ1) is 14.4. The minimum atomic E-state index is -0.340. The number of nitrogens with zero attached hydrogens (tertiary/aromatic N) is 1. The molecule has 0 heterocycles. The van der Waals surface area contributed by atoms with Crippen LogP contribution in [0.5, 0.6) is 0 Å². The van der Waals surface area contributed by atoms with Crippen LogP contribution in [0, 0.1) is 17.0 Å². The molecule has 0 radical (unpaired) electrons. The van der Waals surface area contributed by atoms with Crippen LogP contribution in [0.1, 0.15) is 11.1 Å². The zero-order chi connectivity index (χ0) is 14.5. The van der Waals surface area contributed by atoms with Crippen molar-refractivity contribution in [2.45, 2.75) is 18.4 Å². The predicted molar refractivity (Wildman–Crippen MR) is 83.4 cm³/mol. The van der Waals surface area contributed by atoms with Crippen LogP contribution in [-0.4, -0.2) is 11.2 Å². The van der Waals surface area contributed by atoms with Gasteiger partial charge in [0.25, 0.3) is 5.69 Å². The first-order valence-corrected chi connectivity index (χ1v) is 7.45. The van der Waals surface area contributed by atoms with Crippen molar-refractivity contribution >= 4 is 23.1 Å². The fourth-order valence-corrected chi connectivity index (χ4v) is 2.45. The fourth-order valence-electron chi connectivity index (χ4n) is 1.99. The topological polar surface area (TPSA) is 55.2 Å². The third-order valence-corrected chi connectivity index (χ3v) is 3.89. The molecule has 0 atom stereocenters.